The molecule has 2 aromatic rings. The van der Waals surface area contributed by atoms with Crippen LogP contribution >= 0.6 is 12.4 Å². The standard InChI is InChI=1S/C18H21N3O3S.ClH/c19-12-14-9-10-21(13-14)18(22)15-5-4-6-16(11-15)20-25(23,24)17-7-2-1-3-8-17;/h1-8,11,14,20H,9-10,12-13,19H2;1H. The minimum atomic E-state index is -3.68. The zero-order valence-electron chi connectivity index (χ0n) is 14.2. The van der Waals surface area contributed by atoms with E-state index < -0.39 is 10.0 Å². The summed E-state index contributed by atoms with van der Waals surface area (Å²) in [6, 6.07) is 14.7. The van der Waals surface area contributed by atoms with E-state index >= 15 is 0 Å². The summed E-state index contributed by atoms with van der Waals surface area (Å²) in [7, 11) is -3.68. The van der Waals surface area contributed by atoms with Crippen LogP contribution in [0.5, 0.6) is 0 Å². The Labute approximate surface area is 159 Å². The predicted octanol–water partition coefficient (Wildman–Crippen LogP) is 2.33. The fraction of sp³-hybridized carbons (Fsp3) is 0.278. The molecule has 0 aromatic heterocycles. The first kappa shape index (κ1) is 20.2. The molecule has 0 spiro atoms. The number of nitrogens with zero attached hydrogens (tertiary/aromatic N) is 1. The topological polar surface area (TPSA) is 92.5 Å². The van der Waals surface area contributed by atoms with E-state index in [-0.39, 0.29) is 23.2 Å². The first-order valence-corrected chi connectivity index (χ1v) is 9.65. The molecule has 0 radical (unpaired) electrons. The van der Waals surface area contributed by atoms with Crippen molar-refractivity contribution in [2.75, 3.05) is 24.4 Å². The van der Waals surface area contributed by atoms with Crippen LogP contribution in [0.25, 0.3) is 0 Å². The summed E-state index contributed by atoms with van der Waals surface area (Å²) in [4.78, 5) is 14.5. The number of halogens is 1. The number of nitrogens with one attached hydrogen (secondary N) is 1. The molecule has 1 amide bonds. The van der Waals surface area contributed by atoms with Gasteiger partial charge < -0.3 is 10.6 Å². The van der Waals surface area contributed by atoms with Crippen LogP contribution in [0.15, 0.2) is 59.5 Å². The highest BCUT2D eigenvalue weighted by Crippen LogP contribution is 2.21. The average Bonchev–Trinajstić information content (AvgIpc) is 3.11. The van der Waals surface area contributed by atoms with Crippen LogP contribution in [0.1, 0.15) is 16.8 Å². The molecule has 1 saturated heterocycles. The summed E-state index contributed by atoms with van der Waals surface area (Å²) < 4.78 is 27.3. The SMILES string of the molecule is Cl.NCC1CCN(C(=O)c2cccc(NS(=O)(=O)c3ccccc3)c2)C1. The van der Waals surface area contributed by atoms with Crippen molar-refractivity contribution in [3.05, 3.63) is 60.2 Å². The number of benzene rings is 2. The highest BCUT2D eigenvalue weighted by Gasteiger charge is 2.26. The van der Waals surface area contributed by atoms with Gasteiger partial charge in [-0.05, 0) is 49.2 Å². The molecule has 6 nitrogen and oxygen atoms in total. The summed E-state index contributed by atoms with van der Waals surface area (Å²) in [5, 5.41) is 0. The fourth-order valence-electron chi connectivity index (χ4n) is 2.92. The number of rotatable bonds is 5. The lowest BCUT2D eigenvalue weighted by Gasteiger charge is -2.17. The van der Waals surface area contributed by atoms with Crippen molar-refractivity contribution in [3.63, 3.8) is 0 Å². The van der Waals surface area contributed by atoms with E-state index in [2.05, 4.69) is 4.72 Å². The van der Waals surface area contributed by atoms with Crippen molar-refractivity contribution in [2.24, 2.45) is 11.7 Å². The van der Waals surface area contributed by atoms with Crippen LogP contribution in [-0.4, -0.2) is 38.9 Å². The fourth-order valence-corrected chi connectivity index (χ4v) is 3.99. The number of hydrogen-bond donors (Lipinski definition) is 2. The molecular formula is C18H22ClN3O3S. The predicted molar refractivity (Wildman–Crippen MR) is 104 cm³/mol. The van der Waals surface area contributed by atoms with Gasteiger partial charge in [0.25, 0.3) is 15.9 Å². The molecule has 140 valence electrons. The van der Waals surface area contributed by atoms with Crippen LogP contribution < -0.4 is 10.5 Å². The second-order valence-corrected chi connectivity index (χ2v) is 7.82. The lowest BCUT2D eigenvalue weighted by atomic mass is 10.1. The maximum absolute atomic E-state index is 12.6. The summed E-state index contributed by atoms with van der Waals surface area (Å²) in [5.41, 5.74) is 6.50. The van der Waals surface area contributed by atoms with Gasteiger partial charge in [-0.2, -0.15) is 0 Å². The van der Waals surface area contributed by atoms with E-state index in [0.29, 0.717) is 36.8 Å². The molecule has 2 aromatic carbocycles. The molecule has 0 aliphatic carbocycles. The summed E-state index contributed by atoms with van der Waals surface area (Å²) >= 11 is 0. The average molecular weight is 396 g/mol. The number of sulfonamides is 1. The number of carbonyl (C=O) groups is 1. The monoisotopic (exact) mass is 395 g/mol. The Balaban J connectivity index is 0.00000243. The molecule has 26 heavy (non-hydrogen) atoms. The van der Waals surface area contributed by atoms with E-state index in [1.54, 1.807) is 47.4 Å². The summed E-state index contributed by atoms with van der Waals surface area (Å²) in [5.74, 6) is 0.237. The molecule has 1 unspecified atom stereocenters. The van der Waals surface area contributed by atoms with Gasteiger partial charge in [0, 0.05) is 24.3 Å². The Morgan fingerprint density at radius 3 is 2.54 bits per heavy atom. The van der Waals surface area contributed by atoms with Crippen molar-refractivity contribution in [3.8, 4) is 0 Å². The summed E-state index contributed by atoms with van der Waals surface area (Å²) in [6.07, 6.45) is 0.905. The number of likely N-dealkylation sites (tertiary alicyclic amines) is 1. The number of anilines is 1. The Morgan fingerprint density at radius 2 is 1.88 bits per heavy atom. The number of amides is 1. The maximum Gasteiger partial charge on any atom is 0.261 e. The Hall–Kier alpha value is -2.09. The lowest BCUT2D eigenvalue weighted by molar-refractivity contribution is 0.0787. The first-order valence-electron chi connectivity index (χ1n) is 8.17. The lowest BCUT2D eigenvalue weighted by Crippen LogP contribution is -2.29. The van der Waals surface area contributed by atoms with Gasteiger partial charge in [-0.3, -0.25) is 9.52 Å². The van der Waals surface area contributed by atoms with Crippen molar-refractivity contribution in [1.29, 1.82) is 0 Å². The van der Waals surface area contributed by atoms with E-state index in [4.69, 9.17) is 5.73 Å². The molecule has 3 rings (SSSR count). The van der Waals surface area contributed by atoms with Gasteiger partial charge >= 0.3 is 0 Å². The van der Waals surface area contributed by atoms with Crippen molar-refractivity contribution < 1.29 is 13.2 Å². The van der Waals surface area contributed by atoms with Gasteiger partial charge in [0.15, 0.2) is 0 Å². The number of carbonyl (C=O) groups excluding carboxylic acids is 1. The van der Waals surface area contributed by atoms with Crippen LogP contribution in [-0.2, 0) is 10.0 Å². The van der Waals surface area contributed by atoms with Crippen molar-refractivity contribution >= 4 is 34.0 Å². The van der Waals surface area contributed by atoms with Crippen LogP contribution in [0.4, 0.5) is 5.69 Å². The molecule has 1 aliphatic heterocycles. The largest absolute Gasteiger partial charge is 0.338 e. The minimum absolute atomic E-state index is 0. The molecule has 0 bridgehead atoms. The molecule has 1 fully saturated rings. The zero-order chi connectivity index (χ0) is 17.9. The Bertz CT molecular complexity index is 859. The van der Waals surface area contributed by atoms with Crippen LogP contribution in [0.2, 0.25) is 0 Å². The quantitative estimate of drug-likeness (QED) is 0.812. The van der Waals surface area contributed by atoms with Gasteiger partial charge in [0.2, 0.25) is 0 Å². The molecular weight excluding hydrogens is 374 g/mol. The minimum Gasteiger partial charge on any atom is -0.338 e. The first-order chi connectivity index (χ1) is 12.0. The highest BCUT2D eigenvalue weighted by molar-refractivity contribution is 7.92. The molecule has 0 saturated carbocycles. The van der Waals surface area contributed by atoms with E-state index in [0.717, 1.165) is 6.42 Å². The number of hydrogen-bond acceptors (Lipinski definition) is 4. The Kier molecular flexibility index (Phi) is 6.63. The third kappa shape index (κ3) is 4.55. The highest BCUT2D eigenvalue weighted by atomic mass is 35.5. The van der Waals surface area contributed by atoms with E-state index in [1.807, 2.05) is 0 Å². The Morgan fingerprint density at radius 1 is 1.15 bits per heavy atom. The maximum atomic E-state index is 12.6. The molecule has 8 heteroatoms. The second kappa shape index (κ2) is 8.53. The van der Waals surface area contributed by atoms with E-state index in [9.17, 15) is 13.2 Å². The van der Waals surface area contributed by atoms with Gasteiger partial charge in [-0.25, -0.2) is 8.42 Å². The third-order valence-electron chi connectivity index (χ3n) is 4.32. The van der Waals surface area contributed by atoms with E-state index in [1.165, 1.54) is 12.1 Å². The number of nitrogens with two attached hydrogens (primary N) is 1. The molecule has 1 aliphatic rings. The van der Waals surface area contributed by atoms with Gasteiger partial charge in [0.1, 0.15) is 0 Å². The van der Waals surface area contributed by atoms with Crippen molar-refractivity contribution in [1.82, 2.24) is 4.90 Å². The molecule has 3 N–H and O–H groups in total. The smallest absolute Gasteiger partial charge is 0.261 e. The van der Waals surface area contributed by atoms with Gasteiger partial charge in [-0.15, -0.1) is 12.4 Å². The normalized spacial score (nSPS) is 16.8. The van der Waals surface area contributed by atoms with Gasteiger partial charge in [-0.1, -0.05) is 24.3 Å². The second-order valence-electron chi connectivity index (χ2n) is 6.14. The van der Waals surface area contributed by atoms with Crippen LogP contribution in [0, 0.1) is 5.92 Å². The van der Waals surface area contributed by atoms with Crippen LogP contribution in [0.3, 0.4) is 0 Å². The summed E-state index contributed by atoms with van der Waals surface area (Å²) in [6.45, 7) is 1.90. The molecule has 1 heterocycles. The zero-order valence-corrected chi connectivity index (χ0v) is 15.8. The van der Waals surface area contributed by atoms with Crippen molar-refractivity contribution in [2.45, 2.75) is 11.3 Å². The third-order valence-corrected chi connectivity index (χ3v) is 5.72. The molecule has 1 atom stereocenters. The van der Waals surface area contributed by atoms with Gasteiger partial charge in [0.05, 0.1) is 4.90 Å².